The van der Waals surface area contributed by atoms with Crippen LogP contribution in [0.1, 0.15) is 34.6 Å². The van der Waals surface area contributed by atoms with Crippen molar-refractivity contribution in [2.24, 2.45) is 0 Å². The Bertz CT molecular complexity index is 291. The van der Waals surface area contributed by atoms with Crippen LogP contribution in [0.5, 0.6) is 0 Å². The third kappa shape index (κ3) is 2.35. The normalized spacial score (nSPS) is 20.4. The second-order valence-electron chi connectivity index (χ2n) is 4.74. The van der Waals surface area contributed by atoms with Crippen molar-refractivity contribution < 1.29 is 17.4 Å². The Morgan fingerprint density at radius 2 is 1.73 bits per heavy atom. The molecule has 0 bridgehead atoms. The summed E-state index contributed by atoms with van der Waals surface area (Å²) in [6.45, 7) is 8.94. The van der Waals surface area contributed by atoms with Gasteiger partial charge in [-0.1, -0.05) is 0 Å². The van der Waals surface area contributed by atoms with Crippen LogP contribution in [-0.4, -0.2) is 42.2 Å². The van der Waals surface area contributed by atoms with E-state index in [1.54, 1.807) is 6.92 Å². The Hall–Kier alpha value is -0.523. The van der Waals surface area contributed by atoms with Crippen LogP contribution in [0.25, 0.3) is 0 Å². The quantitative estimate of drug-likeness (QED) is 0.632. The van der Waals surface area contributed by atoms with Gasteiger partial charge in [-0.2, -0.15) is 13.2 Å². The van der Waals surface area contributed by atoms with Crippen molar-refractivity contribution in [3.63, 3.8) is 0 Å². The van der Waals surface area contributed by atoms with E-state index in [-0.39, 0.29) is 15.4 Å². The first-order valence-electron chi connectivity index (χ1n) is 4.81. The minimum absolute atomic E-state index is 0.0929. The van der Waals surface area contributed by atoms with Gasteiger partial charge in [0.25, 0.3) is 0 Å². The summed E-state index contributed by atoms with van der Waals surface area (Å²) < 4.78 is 40.7. The number of hydrogen-bond acceptors (Lipinski definition) is 1. The number of hydrogen-bond donors (Lipinski definition) is 0. The van der Waals surface area contributed by atoms with Crippen molar-refractivity contribution in [1.29, 1.82) is 0 Å². The first-order valence-corrected chi connectivity index (χ1v) is 5.70. The van der Waals surface area contributed by atoms with E-state index in [1.165, 1.54) is 11.2 Å². The third-order valence-corrected chi connectivity index (χ3v) is 4.53. The average molecular weight is 237 g/mol. The number of alkyl halides is 3. The number of amidine groups is 1. The topological polar surface area (TPSA) is 6.25 Å². The Kier molecular flexibility index (Phi) is 2.93. The molecule has 15 heavy (non-hydrogen) atoms. The molecule has 1 rings (SSSR count). The van der Waals surface area contributed by atoms with E-state index in [0.717, 1.165) is 0 Å². The van der Waals surface area contributed by atoms with Crippen molar-refractivity contribution in [2.75, 3.05) is 0 Å². The van der Waals surface area contributed by atoms with E-state index in [0.29, 0.717) is 5.84 Å². The molecule has 0 N–H and O–H groups in total. The van der Waals surface area contributed by atoms with Gasteiger partial charge in [-0.05, 0) is 27.7 Å². The molecule has 86 valence electrons. The van der Waals surface area contributed by atoms with Crippen molar-refractivity contribution in [3.05, 3.63) is 0 Å². The minimum Gasteiger partial charge on any atom is -0.269 e. The van der Waals surface area contributed by atoms with Crippen LogP contribution in [0.2, 0.25) is 0 Å². The van der Waals surface area contributed by atoms with Crippen LogP contribution in [-0.2, 0) is 0 Å². The molecule has 0 spiro atoms. The van der Waals surface area contributed by atoms with Crippen LogP contribution < -0.4 is 0 Å². The second kappa shape index (κ2) is 3.50. The summed E-state index contributed by atoms with van der Waals surface area (Å²) in [5, 5.41) is 0. The highest BCUT2D eigenvalue weighted by Crippen LogP contribution is 2.27. The first kappa shape index (κ1) is 12.5. The summed E-state index contributed by atoms with van der Waals surface area (Å²) in [5.41, 5.74) is -0.0929. The molecule has 0 amide bonds. The molecule has 0 aromatic rings. The number of rotatable bonds is 1. The molecule has 0 aromatic heterocycles. The fraction of sp³-hybridized carbons (Fsp3) is 0.889. The van der Waals surface area contributed by atoms with Gasteiger partial charge in [0.05, 0.1) is 5.54 Å². The Morgan fingerprint density at radius 1 is 1.27 bits per heavy atom. The van der Waals surface area contributed by atoms with Crippen LogP contribution in [0, 0.1) is 0 Å². The van der Waals surface area contributed by atoms with Gasteiger partial charge in [0.2, 0.25) is 5.84 Å². The molecule has 0 aromatic carbocycles. The van der Waals surface area contributed by atoms with E-state index < -0.39 is 12.2 Å². The summed E-state index contributed by atoms with van der Waals surface area (Å²) >= 11 is 0. The van der Waals surface area contributed by atoms with Crippen LogP contribution in [0.15, 0.2) is 0 Å². The van der Waals surface area contributed by atoms with Gasteiger partial charge < -0.3 is 0 Å². The Morgan fingerprint density at radius 3 is 2.00 bits per heavy atom. The highest BCUT2D eigenvalue weighted by Gasteiger charge is 2.53. The third-order valence-electron chi connectivity index (χ3n) is 2.41. The largest absolute Gasteiger partial charge is 0.645 e. The zero-order chi connectivity index (χ0) is 12.0. The van der Waals surface area contributed by atoms with Crippen molar-refractivity contribution in [2.45, 2.75) is 52.4 Å². The highest BCUT2D eigenvalue weighted by atomic mass is 28.2. The molecule has 0 aliphatic carbocycles. The minimum atomic E-state index is -4.14. The molecular weight excluding hydrogens is 221 g/mol. The molecule has 1 heterocycles. The summed E-state index contributed by atoms with van der Waals surface area (Å²) in [6.07, 6.45) is -4.14. The molecule has 2 radical (unpaired) electrons. The van der Waals surface area contributed by atoms with E-state index in [2.05, 4.69) is 0 Å². The number of halogens is 3. The van der Waals surface area contributed by atoms with Gasteiger partial charge in [-0.25, -0.2) is 0 Å². The molecule has 0 saturated heterocycles. The zero-order valence-electron chi connectivity index (χ0n) is 9.61. The fourth-order valence-electron chi connectivity index (χ4n) is 1.46. The zero-order valence-corrected chi connectivity index (χ0v) is 10.6. The van der Waals surface area contributed by atoms with E-state index >= 15 is 0 Å². The molecule has 0 fully saturated rings. The average Bonchev–Trinajstić information content (AvgIpc) is 1.97. The second-order valence-corrected chi connectivity index (χ2v) is 5.87. The highest BCUT2D eigenvalue weighted by molar-refractivity contribution is 6.35. The van der Waals surface area contributed by atoms with E-state index in [4.69, 9.17) is 0 Å². The fourth-order valence-corrected chi connectivity index (χ4v) is 2.66. The smallest absolute Gasteiger partial charge is 0.269 e. The molecule has 1 unspecified atom stereocenters. The predicted octanol–water partition coefficient (Wildman–Crippen LogP) is 2.02. The van der Waals surface area contributed by atoms with Gasteiger partial charge in [0, 0.05) is 6.92 Å². The number of nitrogens with zero attached hydrogens (tertiary/aromatic N) is 2. The molecular formula is C9H16F3N2Si+. The molecule has 1 atom stereocenters. The molecule has 2 nitrogen and oxygen atoms in total. The van der Waals surface area contributed by atoms with Crippen LogP contribution in [0.3, 0.4) is 0 Å². The van der Waals surface area contributed by atoms with Gasteiger partial charge >= 0.3 is 16.0 Å². The lowest BCUT2D eigenvalue weighted by Gasteiger charge is -2.38. The van der Waals surface area contributed by atoms with Crippen LogP contribution >= 0.6 is 0 Å². The molecule has 6 heteroatoms. The molecule has 0 saturated carbocycles. The van der Waals surface area contributed by atoms with Gasteiger partial charge in [0.15, 0.2) is 6.04 Å². The maximum absolute atomic E-state index is 12.4. The lowest BCUT2D eigenvalue weighted by atomic mass is 10.1. The first-order chi connectivity index (χ1) is 6.55. The lowest BCUT2D eigenvalue weighted by molar-refractivity contribution is -0.509. The molecule has 1 aliphatic heterocycles. The monoisotopic (exact) mass is 237 g/mol. The van der Waals surface area contributed by atoms with Gasteiger partial charge in [-0.3, -0.25) is 8.81 Å². The maximum atomic E-state index is 12.4. The van der Waals surface area contributed by atoms with E-state index in [9.17, 15) is 13.2 Å². The van der Waals surface area contributed by atoms with E-state index in [1.807, 2.05) is 25.3 Å². The standard InChI is InChI=1S/C9H16F3N2Si/c1-6(9(10,11)12)13-7(2)14(15-13)8(3,4)5/h6H,1-5H3/q+1. The van der Waals surface area contributed by atoms with Crippen molar-refractivity contribution in [1.82, 2.24) is 4.57 Å². The SMILES string of the molecule is CC1=[N+](C(C)C(F)(F)F)[Si]N1C(C)(C)C. The predicted molar refractivity (Wildman–Crippen MR) is 53.8 cm³/mol. The van der Waals surface area contributed by atoms with Gasteiger partial charge in [0.1, 0.15) is 0 Å². The summed E-state index contributed by atoms with van der Waals surface area (Å²) in [5.74, 6) is 0.714. The summed E-state index contributed by atoms with van der Waals surface area (Å²) in [6, 6.07) is -1.38. The van der Waals surface area contributed by atoms with Crippen molar-refractivity contribution in [3.8, 4) is 0 Å². The van der Waals surface area contributed by atoms with Crippen LogP contribution in [0.4, 0.5) is 13.2 Å². The molecule has 1 aliphatic rings. The maximum Gasteiger partial charge on any atom is 0.645 e. The summed E-state index contributed by atoms with van der Waals surface area (Å²) in [7, 11) is 0.0984. The van der Waals surface area contributed by atoms with Crippen molar-refractivity contribution >= 4 is 15.7 Å². The Balaban J connectivity index is 2.82. The Labute approximate surface area is 90.7 Å². The lowest BCUT2D eigenvalue weighted by Crippen LogP contribution is -2.65. The van der Waals surface area contributed by atoms with Gasteiger partial charge in [-0.15, -0.1) is 0 Å². The summed E-state index contributed by atoms with van der Waals surface area (Å²) in [4.78, 5) is 0.